The third kappa shape index (κ3) is 4.24. The van der Waals surface area contributed by atoms with Crippen LogP contribution in [-0.2, 0) is 9.53 Å². The maximum absolute atomic E-state index is 11.6. The molecular formula is C19H27NO3. The van der Waals surface area contributed by atoms with Crippen molar-refractivity contribution in [3.05, 3.63) is 23.9 Å². The molecule has 0 radical (unpaired) electrons. The van der Waals surface area contributed by atoms with Crippen molar-refractivity contribution in [2.75, 3.05) is 13.7 Å². The van der Waals surface area contributed by atoms with Crippen molar-refractivity contribution < 1.29 is 14.3 Å². The first-order valence-electron chi connectivity index (χ1n) is 8.93. The van der Waals surface area contributed by atoms with Gasteiger partial charge in [0.25, 0.3) is 0 Å². The first kappa shape index (κ1) is 16.3. The fraction of sp³-hybridized carbons (Fsp3) is 0.684. The summed E-state index contributed by atoms with van der Waals surface area (Å²) >= 11 is 0. The molecule has 4 nitrogen and oxygen atoms in total. The molecule has 0 bridgehead atoms. The van der Waals surface area contributed by atoms with E-state index in [0.717, 1.165) is 31.7 Å². The average Bonchev–Trinajstić information content (AvgIpc) is 3.11. The first-order chi connectivity index (χ1) is 11.3. The third-order valence-electron chi connectivity index (χ3n) is 5.39. The lowest BCUT2D eigenvalue weighted by Crippen LogP contribution is -2.15. The van der Waals surface area contributed by atoms with Gasteiger partial charge in [-0.2, -0.15) is 0 Å². The highest BCUT2D eigenvalue weighted by Gasteiger charge is 2.31. The molecule has 1 aromatic heterocycles. The summed E-state index contributed by atoms with van der Waals surface area (Å²) in [6.45, 7) is 0.792. The molecule has 4 heteroatoms. The molecule has 2 unspecified atom stereocenters. The van der Waals surface area contributed by atoms with Crippen molar-refractivity contribution in [3.63, 3.8) is 0 Å². The molecule has 0 N–H and O–H groups in total. The second kappa shape index (κ2) is 7.80. The number of rotatable bonds is 5. The lowest BCUT2D eigenvalue weighted by molar-refractivity contribution is -0.145. The molecule has 0 spiro atoms. The summed E-state index contributed by atoms with van der Waals surface area (Å²) in [5.41, 5.74) is 1.21. The molecule has 0 aromatic carbocycles. The van der Waals surface area contributed by atoms with E-state index in [4.69, 9.17) is 9.47 Å². The van der Waals surface area contributed by atoms with Gasteiger partial charge < -0.3 is 9.47 Å². The van der Waals surface area contributed by atoms with Gasteiger partial charge >= 0.3 is 5.97 Å². The summed E-state index contributed by atoms with van der Waals surface area (Å²) < 4.78 is 10.7. The first-order valence-corrected chi connectivity index (χ1v) is 8.93. The van der Waals surface area contributed by atoms with Crippen molar-refractivity contribution in [2.24, 2.45) is 11.8 Å². The Labute approximate surface area is 138 Å². The molecule has 0 aliphatic heterocycles. The molecule has 2 aliphatic carbocycles. The van der Waals surface area contributed by atoms with Crippen LogP contribution in [0.2, 0.25) is 0 Å². The molecule has 1 aromatic rings. The standard InChI is InChI=1S/C19H27NO3/c1-22-19(21)16-8-7-15(11-16)17-9-10-18(20-12-17)23-13-14-5-3-2-4-6-14/h9-10,12,14-16H,2-8,11,13H2,1H3. The van der Waals surface area contributed by atoms with Crippen LogP contribution in [0.4, 0.5) is 0 Å². The Morgan fingerprint density at radius 3 is 2.70 bits per heavy atom. The minimum absolute atomic E-state index is 0.0484. The van der Waals surface area contributed by atoms with Crippen LogP contribution in [0, 0.1) is 11.8 Å². The van der Waals surface area contributed by atoms with E-state index in [0.29, 0.717) is 11.8 Å². The number of aromatic nitrogens is 1. The number of hydrogen-bond acceptors (Lipinski definition) is 4. The number of methoxy groups -OCH3 is 1. The highest BCUT2D eigenvalue weighted by Crippen LogP contribution is 2.38. The van der Waals surface area contributed by atoms with E-state index in [1.54, 1.807) is 0 Å². The molecule has 2 aliphatic rings. The lowest BCUT2D eigenvalue weighted by Gasteiger charge is -2.21. The summed E-state index contributed by atoms with van der Waals surface area (Å²) in [7, 11) is 1.47. The summed E-state index contributed by atoms with van der Waals surface area (Å²) in [5.74, 6) is 1.81. The molecule has 1 heterocycles. The summed E-state index contributed by atoms with van der Waals surface area (Å²) in [5, 5.41) is 0. The predicted octanol–water partition coefficient (Wildman–Crippen LogP) is 4.10. The maximum Gasteiger partial charge on any atom is 0.308 e. The highest BCUT2D eigenvalue weighted by atomic mass is 16.5. The Morgan fingerprint density at radius 2 is 2.00 bits per heavy atom. The number of nitrogens with zero attached hydrogens (tertiary/aromatic N) is 1. The van der Waals surface area contributed by atoms with E-state index in [1.165, 1.54) is 44.8 Å². The quantitative estimate of drug-likeness (QED) is 0.767. The predicted molar refractivity (Wildman–Crippen MR) is 88.4 cm³/mol. The van der Waals surface area contributed by atoms with Gasteiger partial charge in [0, 0.05) is 12.3 Å². The van der Waals surface area contributed by atoms with E-state index in [1.807, 2.05) is 12.3 Å². The number of esters is 1. The zero-order valence-electron chi connectivity index (χ0n) is 14.0. The van der Waals surface area contributed by atoms with E-state index < -0.39 is 0 Å². The topological polar surface area (TPSA) is 48.4 Å². The summed E-state index contributed by atoms with van der Waals surface area (Å²) in [6.07, 6.45) is 11.4. The van der Waals surface area contributed by atoms with Gasteiger partial charge in [-0.05, 0) is 49.5 Å². The molecule has 2 fully saturated rings. The van der Waals surface area contributed by atoms with Gasteiger partial charge in [0.15, 0.2) is 0 Å². The molecular weight excluding hydrogens is 290 g/mol. The smallest absolute Gasteiger partial charge is 0.308 e. The van der Waals surface area contributed by atoms with Crippen LogP contribution in [0.3, 0.4) is 0 Å². The van der Waals surface area contributed by atoms with Crippen LogP contribution in [0.25, 0.3) is 0 Å². The Balaban J connectivity index is 1.50. The minimum Gasteiger partial charge on any atom is -0.477 e. The van der Waals surface area contributed by atoms with E-state index in [9.17, 15) is 4.79 Å². The van der Waals surface area contributed by atoms with Crippen LogP contribution in [-0.4, -0.2) is 24.7 Å². The van der Waals surface area contributed by atoms with Gasteiger partial charge in [0.2, 0.25) is 5.88 Å². The van der Waals surface area contributed by atoms with Crippen LogP contribution < -0.4 is 4.74 Å². The number of carbonyl (C=O) groups is 1. The Bertz CT molecular complexity index is 508. The second-order valence-electron chi connectivity index (χ2n) is 6.97. The largest absolute Gasteiger partial charge is 0.477 e. The number of ether oxygens (including phenoxy) is 2. The van der Waals surface area contributed by atoms with Crippen molar-refractivity contribution in [2.45, 2.75) is 57.3 Å². The summed E-state index contributed by atoms with van der Waals surface area (Å²) in [4.78, 5) is 16.1. The van der Waals surface area contributed by atoms with Crippen molar-refractivity contribution in [1.82, 2.24) is 4.98 Å². The Kier molecular flexibility index (Phi) is 5.52. The monoisotopic (exact) mass is 317 g/mol. The molecule has 23 heavy (non-hydrogen) atoms. The van der Waals surface area contributed by atoms with Gasteiger partial charge in [0.05, 0.1) is 19.6 Å². The zero-order chi connectivity index (χ0) is 16.1. The van der Waals surface area contributed by atoms with E-state index >= 15 is 0 Å². The number of pyridine rings is 1. The fourth-order valence-electron chi connectivity index (χ4n) is 3.94. The third-order valence-corrected chi connectivity index (χ3v) is 5.39. The normalized spacial score (nSPS) is 25.3. The van der Waals surface area contributed by atoms with E-state index in [-0.39, 0.29) is 11.9 Å². The lowest BCUT2D eigenvalue weighted by atomic mass is 9.90. The van der Waals surface area contributed by atoms with Crippen molar-refractivity contribution >= 4 is 5.97 Å². The minimum atomic E-state index is -0.0760. The second-order valence-corrected chi connectivity index (χ2v) is 6.97. The molecule has 0 amide bonds. The van der Waals surface area contributed by atoms with Gasteiger partial charge in [-0.1, -0.05) is 25.3 Å². The molecule has 2 atom stereocenters. The Hall–Kier alpha value is -1.58. The number of carbonyl (C=O) groups excluding carboxylic acids is 1. The molecule has 0 saturated heterocycles. The van der Waals surface area contributed by atoms with Gasteiger partial charge in [0.1, 0.15) is 0 Å². The van der Waals surface area contributed by atoms with Crippen LogP contribution in [0.1, 0.15) is 62.8 Å². The van der Waals surface area contributed by atoms with E-state index in [2.05, 4.69) is 11.1 Å². The van der Waals surface area contributed by atoms with Gasteiger partial charge in [-0.3, -0.25) is 4.79 Å². The van der Waals surface area contributed by atoms with Crippen molar-refractivity contribution in [1.29, 1.82) is 0 Å². The SMILES string of the molecule is COC(=O)C1CCC(c2ccc(OCC3CCCCC3)nc2)C1. The highest BCUT2D eigenvalue weighted by molar-refractivity contribution is 5.72. The fourth-order valence-corrected chi connectivity index (χ4v) is 3.94. The van der Waals surface area contributed by atoms with Gasteiger partial charge in [-0.15, -0.1) is 0 Å². The summed E-state index contributed by atoms with van der Waals surface area (Å²) in [6, 6.07) is 4.08. The van der Waals surface area contributed by atoms with Crippen LogP contribution in [0.15, 0.2) is 18.3 Å². The van der Waals surface area contributed by atoms with Crippen LogP contribution in [0.5, 0.6) is 5.88 Å². The molecule has 3 rings (SSSR count). The average molecular weight is 317 g/mol. The van der Waals surface area contributed by atoms with Crippen molar-refractivity contribution in [3.8, 4) is 5.88 Å². The Morgan fingerprint density at radius 1 is 1.17 bits per heavy atom. The zero-order valence-corrected chi connectivity index (χ0v) is 14.0. The van der Waals surface area contributed by atoms with Gasteiger partial charge in [-0.25, -0.2) is 4.98 Å². The maximum atomic E-state index is 11.6. The van der Waals surface area contributed by atoms with Crippen LogP contribution >= 0.6 is 0 Å². The number of hydrogen-bond donors (Lipinski definition) is 0. The molecule has 126 valence electrons. The molecule has 2 saturated carbocycles.